The predicted octanol–water partition coefficient (Wildman–Crippen LogP) is 2.58. The molecule has 0 bridgehead atoms. The molecular formula is C17H22N2O3S. The van der Waals surface area contributed by atoms with Crippen LogP contribution in [0.1, 0.15) is 42.6 Å². The average Bonchev–Trinajstić information content (AvgIpc) is 2.80. The van der Waals surface area contributed by atoms with Crippen LogP contribution in [0.2, 0.25) is 0 Å². The van der Waals surface area contributed by atoms with Crippen molar-refractivity contribution in [2.24, 2.45) is 0 Å². The predicted molar refractivity (Wildman–Crippen MR) is 91.4 cm³/mol. The smallest absolute Gasteiger partial charge is 0.321 e. The van der Waals surface area contributed by atoms with E-state index in [0.29, 0.717) is 31.0 Å². The van der Waals surface area contributed by atoms with Crippen LogP contribution in [0.25, 0.3) is 0 Å². The van der Waals surface area contributed by atoms with Gasteiger partial charge in [0.05, 0.1) is 0 Å². The van der Waals surface area contributed by atoms with Crippen molar-refractivity contribution in [2.75, 3.05) is 24.2 Å². The summed E-state index contributed by atoms with van der Waals surface area (Å²) < 4.78 is 11.9. The van der Waals surface area contributed by atoms with Gasteiger partial charge < -0.3 is 10.2 Å². The maximum atomic E-state index is 12.5. The number of ketones is 1. The van der Waals surface area contributed by atoms with E-state index in [4.69, 9.17) is 0 Å². The lowest BCUT2D eigenvalue weighted by Gasteiger charge is -2.22. The lowest BCUT2D eigenvalue weighted by atomic mass is 10.1. The number of anilines is 1. The van der Waals surface area contributed by atoms with Gasteiger partial charge in [0, 0.05) is 52.1 Å². The number of urea groups is 1. The fourth-order valence-electron chi connectivity index (χ4n) is 3.04. The molecule has 1 aromatic rings. The molecule has 1 N–H and O–H groups in total. The maximum absolute atomic E-state index is 12.5. The minimum absolute atomic E-state index is 0.163. The van der Waals surface area contributed by atoms with Gasteiger partial charge in [0.25, 0.3) is 0 Å². The number of nitrogens with one attached hydrogen (secondary N) is 1. The molecule has 1 heterocycles. The minimum Gasteiger partial charge on any atom is -0.324 e. The minimum atomic E-state index is -0.915. The molecule has 2 aliphatic rings. The molecule has 0 saturated carbocycles. The summed E-state index contributed by atoms with van der Waals surface area (Å²) in [7, 11) is -0.915. The summed E-state index contributed by atoms with van der Waals surface area (Å²) in [5.41, 5.74) is 2.49. The number of rotatable bonds is 1. The van der Waals surface area contributed by atoms with Crippen LogP contribution in [0, 0.1) is 0 Å². The Morgan fingerprint density at radius 2 is 2.04 bits per heavy atom. The number of carbonyl (C=O) groups excluding carboxylic acids is 2. The largest absolute Gasteiger partial charge is 0.324 e. The van der Waals surface area contributed by atoms with Gasteiger partial charge in [0.15, 0.2) is 5.78 Å². The molecule has 1 unspecified atom stereocenters. The van der Waals surface area contributed by atoms with Gasteiger partial charge in [-0.1, -0.05) is 0 Å². The highest BCUT2D eigenvalue weighted by Gasteiger charge is 2.31. The molecule has 1 aliphatic heterocycles. The van der Waals surface area contributed by atoms with Gasteiger partial charge in [-0.05, 0) is 50.5 Å². The molecule has 1 saturated heterocycles. The highest BCUT2D eigenvalue weighted by Crippen LogP contribution is 2.26. The molecule has 1 atom stereocenters. The van der Waals surface area contributed by atoms with Gasteiger partial charge in [-0.3, -0.25) is 9.00 Å². The zero-order valence-corrected chi connectivity index (χ0v) is 14.4. The van der Waals surface area contributed by atoms with Crippen molar-refractivity contribution in [1.29, 1.82) is 0 Å². The van der Waals surface area contributed by atoms with E-state index in [2.05, 4.69) is 5.32 Å². The first-order chi connectivity index (χ1) is 10.9. The normalized spacial score (nSPS) is 23.3. The molecule has 23 heavy (non-hydrogen) atoms. The van der Waals surface area contributed by atoms with Gasteiger partial charge in [0.1, 0.15) is 0 Å². The van der Waals surface area contributed by atoms with Gasteiger partial charge in [-0.2, -0.15) is 0 Å². The van der Waals surface area contributed by atoms with Gasteiger partial charge >= 0.3 is 6.03 Å². The fourth-order valence-corrected chi connectivity index (χ4v) is 4.30. The second kappa shape index (κ2) is 6.07. The summed E-state index contributed by atoms with van der Waals surface area (Å²) in [5.74, 6) is 0.689. The fraction of sp³-hybridized carbons (Fsp3) is 0.529. The Morgan fingerprint density at radius 1 is 1.26 bits per heavy atom. The first kappa shape index (κ1) is 16.2. The molecule has 1 aromatic carbocycles. The Bertz CT molecular complexity index is 684. The standard InChI is InChI=1S/C17H22N2O3S/c1-17(2)7-8-19(9-10-23(17)22)16(21)18-13-4-5-14-12(11-13)3-6-15(14)20/h4-5,11H,3,6-10H2,1-2H3,(H,18,21). The van der Waals surface area contributed by atoms with Crippen LogP contribution in [-0.4, -0.2) is 44.5 Å². The zero-order chi connectivity index (χ0) is 16.6. The molecule has 3 rings (SSSR count). The number of benzene rings is 1. The summed E-state index contributed by atoms with van der Waals surface area (Å²) in [6.07, 6.45) is 2.03. The number of carbonyl (C=O) groups is 2. The first-order valence-electron chi connectivity index (χ1n) is 7.97. The van der Waals surface area contributed by atoms with Gasteiger partial charge in [-0.15, -0.1) is 0 Å². The van der Waals surface area contributed by atoms with E-state index in [0.717, 1.165) is 24.0 Å². The van der Waals surface area contributed by atoms with Crippen LogP contribution >= 0.6 is 0 Å². The molecule has 124 valence electrons. The monoisotopic (exact) mass is 334 g/mol. The Morgan fingerprint density at radius 3 is 2.83 bits per heavy atom. The molecule has 2 amide bonds. The van der Waals surface area contributed by atoms with Crippen LogP contribution in [0.5, 0.6) is 0 Å². The highest BCUT2D eigenvalue weighted by molar-refractivity contribution is 7.86. The number of Topliss-reactive ketones (excluding diaryl/α,β-unsaturated/α-hetero) is 1. The summed E-state index contributed by atoms with van der Waals surface area (Å²) in [6.45, 7) is 5.09. The van der Waals surface area contributed by atoms with Gasteiger partial charge in [-0.25, -0.2) is 4.79 Å². The topological polar surface area (TPSA) is 66.5 Å². The van der Waals surface area contributed by atoms with Crippen molar-refractivity contribution in [1.82, 2.24) is 4.90 Å². The Kier molecular flexibility index (Phi) is 4.27. The number of amides is 2. The van der Waals surface area contributed by atoms with Crippen molar-refractivity contribution in [3.63, 3.8) is 0 Å². The maximum Gasteiger partial charge on any atom is 0.321 e. The highest BCUT2D eigenvalue weighted by atomic mass is 32.2. The quantitative estimate of drug-likeness (QED) is 0.858. The van der Waals surface area contributed by atoms with Crippen LogP contribution < -0.4 is 5.32 Å². The van der Waals surface area contributed by atoms with Crippen molar-refractivity contribution in [3.05, 3.63) is 29.3 Å². The lowest BCUT2D eigenvalue weighted by Crippen LogP contribution is -2.37. The molecule has 5 nitrogen and oxygen atoms in total. The van der Waals surface area contributed by atoms with Crippen LogP contribution in [0.15, 0.2) is 18.2 Å². The van der Waals surface area contributed by atoms with Crippen molar-refractivity contribution < 1.29 is 13.8 Å². The summed E-state index contributed by atoms with van der Waals surface area (Å²) >= 11 is 0. The van der Waals surface area contributed by atoms with Crippen LogP contribution in [0.4, 0.5) is 10.5 Å². The number of aryl methyl sites for hydroxylation is 1. The van der Waals surface area contributed by atoms with E-state index in [9.17, 15) is 13.8 Å². The molecule has 0 radical (unpaired) electrons. The molecule has 1 fully saturated rings. The molecule has 0 aromatic heterocycles. The summed E-state index contributed by atoms with van der Waals surface area (Å²) in [4.78, 5) is 25.8. The first-order valence-corrected chi connectivity index (χ1v) is 9.29. The van der Waals surface area contributed by atoms with Crippen molar-refractivity contribution in [2.45, 2.75) is 37.9 Å². The van der Waals surface area contributed by atoms with Gasteiger partial charge in [0.2, 0.25) is 0 Å². The number of nitrogens with zero attached hydrogens (tertiary/aromatic N) is 1. The average molecular weight is 334 g/mol. The van der Waals surface area contributed by atoms with E-state index in [1.54, 1.807) is 17.0 Å². The van der Waals surface area contributed by atoms with E-state index in [-0.39, 0.29) is 16.6 Å². The molecular weight excluding hydrogens is 312 g/mol. The summed E-state index contributed by atoms with van der Waals surface area (Å²) in [5, 5.41) is 2.90. The lowest BCUT2D eigenvalue weighted by molar-refractivity contribution is 0.0994. The molecule has 6 heteroatoms. The molecule has 0 spiro atoms. The Labute approximate surface area is 138 Å². The number of hydrogen-bond donors (Lipinski definition) is 1. The second-order valence-electron chi connectivity index (χ2n) is 6.77. The van der Waals surface area contributed by atoms with E-state index in [1.165, 1.54) is 0 Å². The number of fused-ring (bicyclic) bond motifs is 1. The Hall–Kier alpha value is -1.69. The van der Waals surface area contributed by atoms with E-state index < -0.39 is 10.8 Å². The van der Waals surface area contributed by atoms with E-state index in [1.807, 2.05) is 19.9 Å². The summed E-state index contributed by atoms with van der Waals surface area (Å²) in [6, 6.07) is 5.29. The van der Waals surface area contributed by atoms with E-state index >= 15 is 0 Å². The number of hydrogen-bond acceptors (Lipinski definition) is 3. The SMILES string of the molecule is CC1(C)CCN(C(=O)Nc2ccc3c(c2)CCC3=O)CCS1=O. The van der Waals surface area contributed by atoms with Crippen LogP contribution in [-0.2, 0) is 17.2 Å². The second-order valence-corrected chi connectivity index (χ2v) is 8.98. The van der Waals surface area contributed by atoms with Crippen molar-refractivity contribution >= 4 is 28.3 Å². The third kappa shape index (κ3) is 3.32. The third-order valence-electron chi connectivity index (χ3n) is 4.71. The zero-order valence-electron chi connectivity index (χ0n) is 13.6. The molecule has 1 aliphatic carbocycles. The van der Waals surface area contributed by atoms with Crippen molar-refractivity contribution in [3.8, 4) is 0 Å². The third-order valence-corrected chi connectivity index (χ3v) is 6.70. The Balaban J connectivity index is 1.68. The van der Waals surface area contributed by atoms with Crippen LogP contribution in [0.3, 0.4) is 0 Å².